The van der Waals surface area contributed by atoms with Crippen LogP contribution in [0.5, 0.6) is 0 Å². The van der Waals surface area contributed by atoms with Crippen molar-refractivity contribution >= 4 is 11.6 Å². The van der Waals surface area contributed by atoms with Crippen molar-refractivity contribution in [1.82, 2.24) is 0 Å². The molecule has 2 nitrogen and oxygen atoms in total. The molecule has 0 aromatic heterocycles. The Morgan fingerprint density at radius 2 is 2.35 bits per heavy atom. The molecular formula is C14H20ClNO. The van der Waals surface area contributed by atoms with Gasteiger partial charge in [0.15, 0.2) is 0 Å². The molecule has 94 valence electrons. The second-order valence-corrected chi connectivity index (χ2v) is 5.25. The van der Waals surface area contributed by atoms with E-state index >= 15 is 0 Å². The summed E-state index contributed by atoms with van der Waals surface area (Å²) in [6, 6.07) is 6.10. The Kier molecular flexibility index (Phi) is 4.43. The van der Waals surface area contributed by atoms with Crippen LogP contribution in [0.25, 0.3) is 0 Å². The Labute approximate surface area is 108 Å². The van der Waals surface area contributed by atoms with Crippen molar-refractivity contribution in [2.45, 2.75) is 44.8 Å². The smallest absolute Gasteiger partial charge is 0.0576 e. The maximum absolute atomic E-state index is 6.21. The molecular weight excluding hydrogens is 234 g/mol. The van der Waals surface area contributed by atoms with Crippen molar-refractivity contribution in [3.63, 3.8) is 0 Å². The van der Waals surface area contributed by atoms with Crippen molar-refractivity contribution < 1.29 is 4.74 Å². The van der Waals surface area contributed by atoms with E-state index in [9.17, 15) is 0 Å². The molecule has 3 heteroatoms. The van der Waals surface area contributed by atoms with Crippen LogP contribution >= 0.6 is 11.6 Å². The molecule has 2 unspecified atom stereocenters. The summed E-state index contributed by atoms with van der Waals surface area (Å²) >= 11 is 6.21. The number of hydrogen-bond donors (Lipinski definition) is 1. The summed E-state index contributed by atoms with van der Waals surface area (Å²) in [4.78, 5) is 0. The summed E-state index contributed by atoms with van der Waals surface area (Å²) in [7, 11) is 0. The summed E-state index contributed by atoms with van der Waals surface area (Å²) in [6.45, 7) is 2.94. The first-order valence-corrected chi connectivity index (χ1v) is 6.68. The van der Waals surface area contributed by atoms with Gasteiger partial charge < -0.3 is 10.5 Å². The van der Waals surface area contributed by atoms with Crippen LogP contribution < -0.4 is 5.73 Å². The van der Waals surface area contributed by atoms with Crippen molar-refractivity contribution in [3.05, 3.63) is 34.3 Å². The quantitative estimate of drug-likeness (QED) is 0.890. The predicted octanol–water partition coefficient (Wildman–Crippen LogP) is 3.61. The van der Waals surface area contributed by atoms with E-state index in [1.54, 1.807) is 0 Å². The fourth-order valence-electron chi connectivity index (χ4n) is 2.33. The predicted molar refractivity (Wildman–Crippen MR) is 71.3 cm³/mol. The van der Waals surface area contributed by atoms with Crippen LogP contribution in [0.2, 0.25) is 5.02 Å². The number of benzene rings is 1. The molecule has 17 heavy (non-hydrogen) atoms. The molecule has 2 atom stereocenters. The average molecular weight is 254 g/mol. The minimum absolute atomic E-state index is 0.0206. The van der Waals surface area contributed by atoms with Crippen molar-refractivity contribution in [1.29, 1.82) is 0 Å². The van der Waals surface area contributed by atoms with Crippen LogP contribution in [0.4, 0.5) is 0 Å². The Bertz CT molecular complexity index is 374. The third-order valence-electron chi connectivity index (χ3n) is 3.38. The van der Waals surface area contributed by atoms with Crippen LogP contribution in [-0.2, 0) is 4.74 Å². The highest BCUT2D eigenvalue weighted by Gasteiger charge is 2.18. The lowest BCUT2D eigenvalue weighted by atomic mass is 9.99. The van der Waals surface area contributed by atoms with E-state index in [4.69, 9.17) is 22.1 Å². The Balaban J connectivity index is 1.91. The Morgan fingerprint density at radius 3 is 3.00 bits per heavy atom. The largest absolute Gasteiger partial charge is 0.378 e. The SMILES string of the molecule is Cc1ccc(C(N)CCC2CCCO2)c(Cl)c1. The molecule has 0 saturated carbocycles. The van der Waals surface area contributed by atoms with E-state index in [1.807, 2.05) is 19.1 Å². The van der Waals surface area contributed by atoms with Gasteiger partial charge in [-0.25, -0.2) is 0 Å². The van der Waals surface area contributed by atoms with E-state index in [-0.39, 0.29) is 6.04 Å². The van der Waals surface area contributed by atoms with Gasteiger partial charge in [-0.1, -0.05) is 23.7 Å². The summed E-state index contributed by atoms with van der Waals surface area (Å²) in [5.74, 6) is 0. The van der Waals surface area contributed by atoms with Crippen LogP contribution in [0, 0.1) is 6.92 Å². The summed E-state index contributed by atoms with van der Waals surface area (Å²) in [5.41, 5.74) is 8.41. The number of rotatable bonds is 4. The molecule has 1 aromatic rings. The first-order chi connectivity index (χ1) is 8.16. The second kappa shape index (κ2) is 5.85. The van der Waals surface area contributed by atoms with Gasteiger partial charge in [0, 0.05) is 17.7 Å². The van der Waals surface area contributed by atoms with Crippen LogP contribution in [-0.4, -0.2) is 12.7 Å². The molecule has 0 bridgehead atoms. The van der Waals surface area contributed by atoms with Gasteiger partial charge in [0.05, 0.1) is 6.10 Å². The van der Waals surface area contributed by atoms with E-state index in [1.165, 1.54) is 18.4 Å². The molecule has 2 rings (SSSR count). The van der Waals surface area contributed by atoms with E-state index in [0.29, 0.717) is 6.10 Å². The first-order valence-electron chi connectivity index (χ1n) is 6.30. The fourth-order valence-corrected chi connectivity index (χ4v) is 2.70. The molecule has 0 radical (unpaired) electrons. The number of ether oxygens (including phenoxy) is 1. The lowest BCUT2D eigenvalue weighted by Crippen LogP contribution is -2.14. The summed E-state index contributed by atoms with van der Waals surface area (Å²) in [5, 5.41) is 0.782. The molecule has 2 N–H and O–H groups in total. The molecule has 0 aliphatic carbocycles. The van der Waals surface area contributed by atoms with Crippen molar-refractivity contribution in [2.24, 2.45) is 5.73 Å². The zero-order chi connectivity index (χ0) is 12.3. The van der Waals surface area contributed by atoms with E-state index in [0.717, 1.165) is 30.0 Å². The lowest BCUT2D eigenvalue weighted by Gasteiger charge is -2.16. The minimum Gasteiger partial charge on any atom is -0.378 e. The number of hydrogen-bond acceptors (Lipinski definition) is 2. The van der Waals surface area contributed by atoms with Gasteiger partial charge in [-0.2, -0.15) is 0 Å². The molecule has 1 saturated heterocycles. The zero-order valence-corrected chi connectivity index (χ0v) is 11.0. The molecule has 1 aliphatic heterocycles. The highest BCUT2D eigenvalue weighted by Crippen LogP contribution is 2.27. The summed E-state index contributed by atoms with van der Waals surface area (Å²) in [6.07, 6.45) is 4.74. The van der Waals surface area contributed by atoms with E-state index in [2.05, 4.69) is 6.07 Å². The third-order valence-corrected chi connectivity index (χ3v) is 3.71. The maximum Gasteiger partial charge on any atom is 0.0576 e. The van der Waals surface area contributed by atoms with Crippen LogP contribution in [0.15, 0.2) is 18.2 Å². The molecule has 0 spiro atoms. The van der Waals surface area contributed by atoms with Gasteiger partial charge in [-0.05, 0) is 49.8 Å². The molecule has 1 aromatic carbocycles. The Hall–Kier alpha value is -0.570. The lowest BCUT2D eigenvalue weighted by molar-refractivity contribution is 0.101. The van der Waals surface area contributed by atoms with Crippen molar-refractivity contribution in [2.75, 3.05) is 6.61 Å². The van der Waals surface area contributed by atoms with Gasteiger partial charge in [0.25, 0.3) is 0 Å². The normalized spacial score (nSPS) is 21.7. The minimum atomic E-state index is 0.0206. The maximum atomic E-state index is 6.21. The van der Waals surface area contributed by atoms with E-state index < -0.39 is 0 Å². The van der Waals surface area contributed by atoms with Crippen LogP contribution in [0.3, 0.4) is 0 Å². The third kappa shape index (κ3) is 3.44. The highest BCUT2D eigenvalue weighted by molar-refractivity contribution is 6.31. The second-order valence-electron chi connectivity index (χ2n) is 4.84. The monoisotopic (exact) mass is 253 g/mol. The molecule has 1 fully saturated rings. The first kappa shape index (κ1) is 12.9. The Morgan fingerprint density at radius 1 is 1.53 bits per heavy atom. The molecule has 1 heterocycles. The van der Waals surface area contributed by atoms with Gasteiger partial charge >= 0.3 is 0 Å². The standard InChI is InChI=1S/C14H20ClNO/c1-10-4-6-12(13(15)9-10)14(16)7-5-11-3-2-8-17-11/h4,6,9,11,14H,2-3,5,7-8,16H2,1H3. The van der Waals surface area contributed by atoms with Gasteiger partial charge in [-0.3, -0.25) is 0 Å². The fraction of sp³-hybridized carbons (Fsp3) is 0.571. The molecule has 0 amide bonds. The van der Waals surface area contributed by atoms with Crippen molar-refractivity contribution in [3.8, 4) is 0 Å². The number of halogens is 1. The van der Waals surface area contributed by atoms with Gasteiger partial charge in [-0.15, -0.1) is 0 Å². The average Bonchev–Trinajstić information content (AvgIpc) is 2.78. The highest BCUT2D eigenvalue weighted by atomic mass is 35.5. The van der Waals surface area contributed by atoms with Crippen LogP contribution in [0.1, 0.15) is 42.9 Å². The number of nitrogens with two attached hydrogens (primary N) is 1. The van der Waals surface area contributed by atoms with Gasteiger partial charge in [0.1, 0.15) is 0 Å². The summed E-state index contributed by atoms with van der Waals surface area (Å²) < 4.78 is 5.60. The molecule has 1 aliphatic rings. The van der Waals surface area contributed by atoms with Gasteiger partial charge in [0.2, 0.25) is 0 Å². The number of aryl methyl sites for hydroxylation is 1. The zero-order valence-electron chi connectivity index (χ0n) is 10.3. The topological polar surface area (TPSA) is 35.2 Å².